The predicted molar refractivity (Wildman–Crippen MR) is 66.1 cm³/mol. The molecule has 0 saturated carbocycles. The quantitative estimate of drug-likeness (QED) is 0.864. The van der Waals surface area contributed by atoms with E-state index >= 15 is 0 Å². The van der Waals surface area contributed by atoms with E-state index in [1.165, 1.54) is 24.5 Å². The lowest BCUT2D eigenvalue weighted by Gasteiger charge is -2.06. The summed E-state index contributed by atoms with van der Waals surface area (Å²) in [6.45, 7) is 0.00658. The van der Waals surface area contributed by atoms with Gasteiger partial charge in [-0.2, -0.15) is 0 Å². The number of carbonyl (C=O) groups is 1. The zero-order valence-electron chi connectivity index (χ0n) is 9.74. The number of benzene rings is 1. The van der Waals surface area contributed by atoms with Gasteiger partial charge in [-0.05, 0) is 30.3 Å². The predicted octanol–water partition coefficient (Wildman–Crippen LogP) is 1.46. The van der Waals surface area contributed by atoms with Crippen LogP contribution in [0.25, 0.3) is 0 Å². The number of furan rings is 1. The van der Waals surface area contributed by atoms with E-state index in [0.717, 1.165) is 6.07 Å². The van der Waals surface area contributed by atoms with Crippen LogP contribution in [0, 0.1) is 0 Å². The molecule has 0 fully saturated rings. The molecule has 1 heterocycles. The molecular weight excluding hydrogens is 270 g/mol. The van der Waals surface area contributed by atoms with E-state index in [0.29, 0.717) is 5.76 Å². The average molecular weight is 281 g/mol. The Morgan fingerprint density at radius 2 is 2.05 bits per heavy atom. The lowest BCUT2D eigenvalue weighted by Crippen LogP contribution is -2.23. The van der Waals surface area contributed by atoms with Crippen LogP contribution in [0.5, 0.6) is 0 Å². The van der Waals surface area contributed by atoms with Gasteiger partial charge in [-0.1, -0.05) is 6.07 Å². The number of hydrogen-bond acceptors (Lipinski definition) is 4. The van der Waals surface area contributed by atoms with Crippen molar-refractivity contribution >= 4 is 16.0 Å². The fourth-order valence-electron chi connectivity index (χ4n) is 1.46. The van der Waals surface area contributed by atoms with Gasteiger partial charge in [0.2, 0.25) is 10.0 Å². The number of hydrogen-bond donors (Lipinski definition) is 2. The van der Waals surface area contributed by atoms with Crippen LogP contribution in [0.3, 0.4) is 0 Å². The third kappa shape index (κ3) is 3.21. The van der Waals surface area contributed by atoms with Crippen molar-refractivity contribution in [3.05, 3.63) is 54.0 Å². The number of aromatic carboxylic acids is 1. The SMILES string of the molecule is O=C(O)c1cccc(S(=O)(=O)NCc2ccco2)c1. The van der Waals surface area contributed by atoms with Gasteiger partial charge in [-0.25, -0.2) is 17.9 Å². The summed E-state index contributed by atoms with van der Waals surface area (Å²) in [7, 11) is -3.77. The van der Waals surface area contributed by atoms with Crippen LogP contribution >= 0.6 is 0 Å². The summed E-state index contributed by atoms with van der Waals surface area (Å²) in [6.07, 6.45) is 1.44. The Morgan fingerprint density at radius 1 is 1.26 bits per heavy atom. The summed E-state index contributed by atoms with van der Waals surface area (Å²) >= 11 is 0. The van der Waals surface area contributed by atoms with Gasteiger partial charge < -0.3 is 9.52 Å². The van der Waals surface area contributed by atoms with E-state index in [2.05, 4.69) is 4.72 Å². The monoisotopic (exact) mass is 281 g/mol. The summed E-state index contributed by atoms with van der Waals surface area (Å²) in [5.74, 6) is -0.707. The van der Waals surface area contributed by atoms with E-state index < -0.39 is 16.0 Å². The molecule has 19 heavy (non-hydrogen) atoms. The minimum absolute atomic E-state index is 0.00658. The highest BCUT2D eigenvalue weighted by Gasteiger charge is 2.16. The second-order valence-corrected chi connectivity index (χ2v) is 5.50. The highest BCUT2D eigenvalue weighted by molar-refractivity contribution is 7.89. The van der Waals surface area contributed by atoms with Gasteiger partial charge in [0.25, 0.3) is 0 Å². The van der Waals surface area contributed by atoms with Crippen molar-refractivity contribution in [3.63, 3.8) is 0 Å². The molecule has 0 aliphatic rings. The Morgan fingerprint density at radius 3 is 2.68 bits per heavy atom. The van der Waals surface area contributed by atoms with Crippen molar-refractivity contribution in [2.75, 3.05) is 0 Å². The van der Waals surface area contributed by atoms with Gasteiger partial charge >= 0.3 is 5.97 Å². The standard InChI is InChI=1S/C12H11NO5S/c14-12(15)9-3-1-5-11(7-9)19(16,17)13-8-10-4-2-6-18-10/h1-7,13H,8H2,(H,14,15). The van der Waals surface area contributed by atoms with Crippen LogP contribution in [0.15, 0.2) is 52.0 Å². The van der Waals surface area contributed by atoms with Crippen molar-refractivity contribution in [2.24, 2.45) is 0 Å². The lowest BCUT2D eigenvalue weighted by atomic mass is 10.2. The summed E-state index contributed by atoms with van der Waals surface area (Å²) in [5, 5.41) is 8.82. The van der Waals surface area contributed by atoms with Crippen molar-refractivity contribution in [2.45, 2.75) is 11.4 Å². The molecule has 2 N–H and O–H groups in total. The molecule has 2 rings (SSSR count). The van der Waals surface area contributed by atoms with Crippen molar-refractivity contribution in [1.29, 1.82) is 0 Å². The number of sulfonamides is 1. The molecule has 0 unspecified atom stereocenters. The zero-order chi connectivity index (χ0) is 13.9. The Bertz CT molecular complexity index is 676. The van der Waals surface area contributed by atoms with E-state index in [1.807, 2.05) is 0 Å². The summed E-state index contributed by atoms with van der Waals surface area (Å²) in [6, 6.07) is 8.42. The molecule has 0 atom stereocenters. The lowest BCUT2D eigenvalue weighted by molar-refractivity contribution is 0.0696. The fourth-order valence-corrected chi connectivity index (χ4v) is 2.50. The average Bonchev–Trinajstić information content (AvgIpc) is 2.90. The topological polar surface area (TPSA) is 96.6 Å². The summed E-state index contributed by atoms with van der Waals surface area (Å²) in [5.41, 5.74) is -0.0825. The molecule has 0 bridgehead atoms. The van der Waals surface area contributed by atoms with Crippen LogP contribution in [-0.4, -0.2) is 19.5 Å². The van der Waals surface area contributed by atoms with Gasteiger partial charge in [-0.3, -0.25) is 0 Å². The van der Waals surface area contributed by atoms with Crippen molar-refractivity contribution < 1.29 is 22.7 Å². The first-order valence-electron chi connectivity index (χ1n) is 5.34. The maximum absolute atomic E-state index is 12.0. The molecule has 0 spiro atoms. The van der Waals surface area contributed by atoms with Gasteiger partial charge in [0.15, 0.2) is 0 Å². The third-order valence-corrected chi connectivity index (χ3v) is 3.81. The molecular formula is C12H11NO5S. The Balaban J connectivity index is 2.19. The molecule has 1 aromatic carbocycles. The number of nitrogens with one attached hydrogen (secondary N) is 1. The molecule has 0 aliphatic heterocycles. The maximum Gasteiger partial charge on any atom is 0.335 e. The molecule has 0 saturated heterocycles. The van der Waals surface area contributed by atoms with Crippen molar-refractivity contribution in [3.8, 4) is 0 Å². The molecule has 100 valence electrons. The van der Waals surface area contributed by atoms with Crippen LogP contribution in [0.2, 0.25) is 0 Å². The largest absolute Gasteiger partial charge is 0.478 e. The molecule has 0 amide bonds. The number of carboxylic acid groups (broad SMARTS) is 1. The first-order chi connectivity index (χ1) is 8.99. The number of rotatable bonds is 5. The second kappa shape index (κ2) is 5.25. The zero-order valence-corrected chi connectivity index (χ0v) is 10.6. The Hall–Kier alpha value is -2.12. The normalized spacial score (nSPS) is 11.4. The van der Waals surface area contributed by atoms with E-state index in [4.69, 9.17) is 9.52 Å². The minimum atomic E-state index is -3.77. The molecule has 6 nitrogen and oxygen atoms in total. The number of carboxylic acids is 1. The maximum atomic E-state index is 12.0. The first kappa shape index (κ1) is 13.3. The van der Waals surface area contributed by atoms with Gasteiger partial charge in [0.1, 0.15) is 5.76 Å². The van der Waals surface area contributed by atoms with E-state index in [9.17, 15) is 13.2 Å². The molecule has 7 heteroatoms. The van der Waals surface area contributed by atoms with Gasteiger partial charge in [0.05, 0.1) is 23.3 Å². The van der Waals surface area contributed by atoms with Gasteiger partial charge in [-0.15, -0.1) is 0 Å². The summed E-state index contributed by atoms with van der Waals surface area (Å²) in [4.78, 5) is 10.7. The van der Waals surface area contributed by atoms with Crippen LogP contribution in [-0.2, 0) is 16.6 Å². The van der Waals surface area contributed by atoms with Crippen molar-refractivity contribution in [1.82, 2.24) is 4.72 Å². The molecule has 2 aromatic rings. The van der Waals surface area contributed by atoms with Gasteiger partial charge in [0, 0.05) is 0 Å². The summed E-state index contributed by atoms with van der Waals surface area (Å²) < 4.78 is 31.2. The molecule has 1 aromatic heterocycles. The Labute approximate surface area is 109 Å². The highest BCUT2D eigenvalue weighted by atomic mass is 32.2. The van der Waals surface area contributed by atoms with Crippen LogP contribution < -0.4 is 4.72 Å². The van der Waals surface area contributed by atoms with E-state index in [-0.39, 0.29) is 17.0 Å². The minimum Gasteiger partial charge on any atom is -0.478 e. The third-order valence-electron chi connectivity index (χ3n) is 2.41. The van der Waals surface area contributed by atoms with E-state index in [1.54, 1.807) is 12.1 Å². The first-order valence-corrected chi connectivity index (χ1v) is 6.83. The Kier molecular flexibility index (Phi) is 3.68. The molecule has 0 aliphatic carbocycles. The smallest absolute Gasteiger partial charge is 0.335 e. The second-order valence-electron chi connectivity index (χ2n) is 3.74. The highest BCUT2D eigenvalue weighted by Crippen LogP contribution is 2.12. The van der Waals surface area contributed by atoms with Crippen LogP contribution in [0.1, 0.15) is 16.1 Å². The van der Waals surface area contributed by atoms with Crippen LogP contribution in [0.4, 0.5) is 0 Å². The fraction of sp³-hybridized carbons (Fsp3) is 0.0833. The molecule has 0 radical (unpaired) electrons.